The van der Waals surface area contributed by atoms with Crippen molar-refractivity contribution in [3.05, 3.63) is 30.3 Å². The Morgan fingerprint density at radius 1 is 1.15 bits per heavy atom. The fourth-order valence-corrected chi connectivity index (χ4v) is 3.18. The van der Waals surface area contributed by atoms with E-state index in [0.29, 0.717) is 19.8 Å². The zero-order valence-corrected chi connectivity index (χ0v) is 16.1. The van der Waals surface area contributed by atoms with Crippen LogP contribution in [0.1, 0.15) is 6.92 Å². The molecule has 0 spiro atoms. The van der Waals surface area contributed by atoms with Crippen LogP contribution in [0.4, 0.5) is 0 Å². The second kappa shape index (κ2) is 12.2. The number of hydrogen-bond acceptors (Lipinski definition) is 6. The van der Waals surface area contributed by atoms with Crippen LogP contribution in [-0.2, 0) is 24.3 Å². The number of amides is 1. The molecule has 0 saturated heterocycles. The Kier molecular flexibility index (Phi) is 10.3. The Morgan fingerprint density at radius 2 is 1.81 bits per heavy atom. The number of ether oxygens (including phenoxy) is 2. The van der Waals surface area contributed by atoms with Gasteiger partial charge < -0.3 is 26.3 Å². The van der Waals surface area contributed by atoms with Crippen molar-refractivity contribution in [1.82, 2.24) is 10.0 Å². The lowest BCUT2D eigenvalue weighted by Gasteiger charge is -2.15. The summed E-state index contributed by atoms with van der Waals surface area (Å²) in [7, 11) is -3.62. The molecule has 0 radical (unpaired) electrons. The molecular weight excluding hydrogens is 374 g/mol. The van der Waals surface area contributed by atoms with Gasteiger partial charge in [0.2, 0.25) is 15.9 Å². The van der Waals surface area contributed by atoms with E-state index in [9.17, 15) is 13.2 Å². The third-order valence-electron chi connectivity index (χ3n) is 3.15. The molecule has 0 bridgehead atoms. The van der Waals surface area contributed by atoms with Crippen LogP contribution in [0.15, 0.2) is 40.2 Å². The molecule has 6 N–H and O–H groups in total. The quantitative estimate of drug-likeness (QED) is 0.183. The molecule has 0 saturated carbocycles. The summed E-state index contributed by atoms with van der Waals surface area (Å²) in [6.45, 7) is 2.92. The number of rotatable bonds is 13. The Labute approximate surface area is 159 Å². The van der Waals surface area contributed by atoms with Gasteiger partial charge in [0.25, 0.3) is 0 Å². The molecule has 1 amide bonds. The lowest BCUT2D eigenvalue weighted by atomic mass is 10.3. The highest BCUT2D eigenvalue weighted by molar-refractivity contribution is 7.89. The maximum absolute atomic E-state index is 12.2. The average Bonchev–Trinajstić information content (AvgIpc) is 2.62. The largest absolute Gasteiger partial charge is 0.377 e. The molecule has 1 aromatic rings. The van der Waals surface area contributed by atoms with Gasteiger partial charge in [-0.3, -0.25) is 9.79 Å². The number of carbonyl (C=O) groups excluding carboxylic acids is 1. The number of benzene rings is 1. The number of nitrogens with zero attached hydrogens (tertiary/aromatic N) is 1. The number of aliphatic imine (C=N–C) groups is 1. The van der Waals surface area contributed by atoms with Gasteiger partial charge in [0.1, 0.15) is 6.61 Å². The molecule has 1 rings (SSSR count). The first-order valence-corrected chi connectivity index (χ1v) is 9.84. The van der Waals surface area contributed by atoms with Gasteiger partial charge in [-0.05, 0) is 19.1 Å². The molecule has 1 unspecified atom stereocenters. The van der Waals surface area contributed by atoms with Crippen molar-refractivity contribution in [3.63, 3.8) is 0 Å². The van der Waals surface area contributed by atoms with Gasteiger partial charge in [0.05, 0.1) is 31.3 Å². The molecular formula is C16H27N5O5S. The van der Waals surface area contributed by atoms with Crippen LogP contribution >= 0.6 is 0 Å². The molecule has 0 aliphatic carbocycles. The van der Waals surface area contributed by atoms with Crippen LogP contribution in [0.3, 0.4) is 0 Å². The molecule has 152 valence electrons. The fourth-order valence-electron chi connectivity index (χ4n) is 1.92. The molecule has 0 aliphatic rings. The third-order valence-corrected chi connectivity index (χ3v) is 4.76. The maximum atomic E-state index is 12.2. The molecule has 1 atom stereocenters. The highest BCUT2D eigenvalue weighted by Gasteiger charge is 2.17. The summed E-state index contributed by atoms with van der Waals surface area (Å²) >= 11 is 0. The highest BCUT2D eigenvalue weighted by atomic mass is 32.2. The van der Waals surface area contributed by atoms with Crippen molar-refractivity contribution in [3.8, 4) is 0 Å². The molecule has 0 aromatic heterocycles. The van der Waals surface area contributed by atoms with E-state index < -0.39 is 16.1 Å². The highest BCUT2D eigenvalue weighted by Crippen LogP contribution is 2.07. The lowest BCUT2D eigenvalue weighted by molar-refractivity contribution is -0.126. The number of nitrogens with one attached hydrogen (secondary N) is 2. The summed E-state index contributed by atoms with van der Waals surface area (Å²) in [6.07, 6.45) is 0. The number of sulfonamides is 1. The summed E-state index contributed by atoms with van der Waals surface area (Å²) in [5.41, 5.74) is 10.3. The van der Waals surface area contributed by atoms with E-state index >= 15 is 0 Å². The van der Waals surface area contributed by atoms with E-state index in [2.05, 4.69) is 15.0 Å². The van der Waals surface area contributed by atoms with Crippen LogP contribution in [-0.4, -0.2) is 65.8 Å². The van der Waals surface area contributed by atoms with E-state index in [1.54, 1.807) is 25.1 Å². The summed E-state index contributed by atoms with van der Waals surface area (Å²) in [5, 5.41) is 2.60. The molecule has 0 aliphatic heterocycles. The van der Waals surface area contributed by atoms with E-state index in [1.165, 1.54) is 12.1 Å². The van der Waals surface area contributed by atoms with Crippen LogP contribution < -0.4 is 21.5 Å². The predicted molar refractivity (Wildman–Crippen MR) is 102 cm³/mol. The Balaban J connectivity index is 2.14. The predicted octanol–water partition coefficient (Wildman–Crippen LogP) is -1.22. The Morgan fingerprint density at radius 3 is 2.48 bits per heavy atom. The lowest BCUT2D eigenvalue weighted by Crippen LogP contribution is -2.42. The minimum absolute atomic E-state index is 0.00630. The first-order valence-electron chi connectivity index (χ1n) is 8.36. The van der Waals surface area contributed by atoms with E-state index in [1.807, 2.05) is 0 Å². The minimum Gasteiger partial charge on any atom is -0.377 e. The van der Waals surface area contributed by atoms with Gasteiger partial charge in [-0.1, -0.05) is 18.2 Å². The summed E-state index contributed by atoms with van der Waals surface area (Å²) < 4.78 is 37.2. The van der Waals surface area contributed by atoms with E-state index in [0.717, 1.165) is 0 Å². The molecule has 27 heavy (non-hydrogen) atoms. The summed E-state index contributed by atoms with van der Waals surface area (Å²) in [6, 6.07) is 7.55. The van der Waals surface area contributed by atoms with Gasteiger partial charge in [-0.25, -0.2) is 13.1 Å². The van der Waals surface area contributed by atoms with Gasteiger partial charge in [-0.15, -0.1) is 0 Å². The topological polar surface area (TPSA) is 158 Å². The van der Waals surface area contributed by atoms with Gasteiger partial charge in [-0.2, -0.15) is 0 Å². The number of nitrogens with two attached hydrogens (primary N) is 2. The second-order valence-electron chi connectivity index (χ2n) is 5.61. The van der Waals surface area contributed by atoms with Crippen LogP contribution in [0.25, 0.3) is 0 Å². The zero-order valence-electron chi connectivity index (χ0n) is 15.3. The first kappa shape index (κ1) is 22.8. The van der Waals surface area contributed by atoms with Crippen LogP contribution in [0.2, 0.25) is 0 Å². The standard InChI is InChI=1S/C16H27N5O5S/c1-13(21-27(23,24)14-5-3-2-4-6-14)11-20-15(22)12-26-10-9-25-8-7-19-16(17)18/h2-6,13,21H,7-12H2,1H3,(H,20,22)(H4,17,18,19). The molecule has 1 aromatic carbocycles. The average molecular weight is 401 g/mol. The maximum Gasteiger partial charge on any atom is 0.246 e. The van der Waals surface area contributed by atoms with Crippen LogP contribution in [0.5, 0.6) is 0 Å². The zero-order chi connectivity index (χ0) is 20.1. The van der Waals surface area contributed by atoms with Crippen LogP contribution in [0, 0.1) is 0 Å². The van der Waals surface area contributed by atoms with Crippen molar-refractivity contribution in [2.24, 2.45) is 16.5 Å². The van der Waals surface area contributed by atoms with Crippen molar-refractivity contribution in [2.75, 3.05) is 39.5 Å². The van der Waals surface area contributed by atoms with Crippen molar-refractivity contribution >= 4 is 21.9 Å². The first-order chi connectivity index (χ1) is 12.8. The van der Waals surface area contributed by atoms with Gasteiger partial charge in [0.15, 0.2) is 5.96 Å². The van der Waals surface area contributed by atoms with Crippen molar-refractivity contribution in [2.45, 2.75) is 17.9 Å². The smallest absolute Gasteiger partial charge is 0.246 e. The summed E-state index contributed by atoms with van der Waals surface area (Å²) in [5.74, 6) is -0.340. The molecule has 0 fully saturated rings. The van der Waals surface area contributed by atoms with Crippen molar-refractivity contribution < 1.29 is 22.7 Å². The van der Waals surface area contributed by atoms with Gasteiger partial charge >= 0.3 is 0 Å². The number of hydrogen-bond donors (Lipinski definition) is 4. The number of guanidine groups is 1. The fraction of sp³-hybridized carbons (Fsp3) is 0.500. The van der Waals surface area contributed by atoms with E-state index in [4.69, 9.17) is 20.9 Å². The Hall–Kier alpha value is -2.21. The van der Waals surface area contributed by atoms with E-state index in [-0.39, 0.29) is 36.5 Å². The third kappa shape index (κ3) is 10.5. The summed E-state index contributed by atoms with van der Waals surface area (Å²) in [4.78, 5) is 15.6. The normalized spacial score (nSPS) is 12.3. The molecule has 11 heteroatoms. The van der Waals surface area contributed by atoms with Crippen molar-refractivity contribution in [1.29, 1.82) is 0 Å². The number of carbonyl (C=O) groups is 1. The SMILES string of the molecule is CC(CNC(=O)COCCOCCN=C(N)N)NS(=O)(=O)c1ccccc1. The monoisotopic (exact) mass is 401 g/mol. The second-order valence-corrected chi connectivity index (χ2v) is 7.32. The Bertz CT molecular complexity index is 692. The van der Waals surface area contributed by atoms with Gasteiger partial charge in [0, 0.05) is 12.6 Å². The molecule has 10 nitrogen and oxygen atoms in total. The minimum atomic E-state index is -3.62. The molecule has 0 heterocycles.